The molecular formula is C33H46O3SeSi2. The van der Waals surface area contributed by atoms with Gasteiger partial charge in [-0.1, -0.05) is 0 Å². The Kier molecular flexibility index (Phi) is 9.49. The van der Waals surface area contributed by atoms with Gasteiger partial charge in [-0.3, -0.25) is 0 Å². The summed E-state index contributed by atoms with van der Waals surface area (Å²) in [6.07, 6.45) is 0.881. The van der Waals surface area contributed by atoms with E-state index in [4.69, 9.17) is 13.6 Å². The third kappa shape index (κ3) is 6.87. The molecular weight excluding hydrogens is 579 g/mol. The van der Waals surface area contributed by atoms with E-state index in [1.165, 1.54) is 14.8 Å². The Hall–Kier alpha value is -1.51. The van der Waals surface area contributed by atoms with E-state index in [9.17, 15) is 0 Å². The van der Waals surface area contributed by atoms with E-state index >= 15 is 0 Å². The van der Waals surface area contributed by atoms with Gasteiger partial charge in [0.1, 0.15) is 0 Å². The van der Waals surface area contributed by atoms with Crippen molar-refractivity contribution in [2.24, 2.45) is 0 Å². The van der Waals surface area contributed by atoms with Crippen molar-refractivity contribution >= 4 is 46.4 Å². The summed E-state index contributed by atoms with van der Waals surface area (Å²) in [6.45, 7) is 19.2. The van der Waals surface area contributed by atoms with E-state index in [1.54, 1.807) is 0 Å². The van der Waals surface area contributed by atoms with Gasteiger partial charge in [0, 0.05) is 0 Å². The number of benzene rings is 3. The van der Waals surface area contributed by atoms with Crippen LogP contribution in [-0.2, 0) is 13.6 Å². The molecule has 0 spiro atoms. The van der Waals surface area contributed by atoms with Gasteiger partial charge in [0.05, 0.1) is 0 Å². The second-order valence-corrected chi connectivity index (χ2v) is 24.8. The van der Waals surface area contributed by atoms with Crippen LogP contribution in [0.15, 0.2) is 91.0 Å². The quantitative estimate of drug-likeness (QED) is 0.269. The predicted molar refractivity (Wildman–Crippen MR) is 171 cm³/mol. The Morgan fingerprint density at radius 1 is 0.744 bits per heavy atom. The van der Waals surface area contributed by atoms with Crippen molar-refractivity contribution in [1.82, 2.24) is 0 Å². The van der Waals surface area contributed by atoms with Gasteiger partial charge in [0.25, 0.3) is 0 Å². The molecule has 3 aromatic rings. The van der Waals surface area contributed by atoms with Crippen molar-refractivity contribution in [1.29, 1.82) is 0 Å². The van der Waals surface area contributed by atoms with Crippen molar-refractivity contribution in [2.45, 2.75) is 88.3 Å². The maximum atomic E-state index is 7.34. The molecule has 6 heteroatoms. The molecule has 4 rings (SSSR count). The van der Waals surface area contributed by atoms with E-state index < -0.39 is 16.6 Å². The monoisotopic (exact) mass is 626 g/mol. The number of rotatable bonds is 9. The zero-order chi connectivity index (χ0) is 28.3. The molecule has 210 valence electrons. The summed E-state index contributed by atoms with van der Waals surface area (Å²) in [6, 6.07) is 32.5. The van der Waals surface area contributed by atoms with E-state index in [0.29, 0.717) is 6.61 Å². The van der Waals surface area contributed by atoms with Gasteiger partial charge in [-0.2, -0.15) is 0 Å². The Morgan fingerprint density at radius 3 is 1.69 bits per heavy atom. The first-order valence-electron chi connectivity index (χ1n) is 14.1. The van der Waals surface area contributed by atoms with Crippen molar-refractivity contribution in [3.63, 3.8) is 0 Å². The summed E-state index contributed by atoms with van der Waals surface area (Å²) in [4.78, 5) is 0. The molecule has 1 aliphatic heterocycles. The van der Waals surface area contributed by atoms with Gasteiger partial charge in [-0.15, -0.1) is 0 Å². The second kappa shape index (κ2) is 12.2. The zero-order valence-electron chi connectivity index (χ0n) is 24.9. The molecule has 0 N–H and O–H groups in total. The van der Waals surface area contributed by atoms with E-state index in [-0.39, 0.29) is 42.2 Å². The van der Waals surface area contributed by atoms with Crippen LogP contribution in [0.1, 0.15) is 48.0 Å². The normalized spacial score (nSPS) is 20.8. The molecule has 0 aliphatic carbocycles. The molecule has 3 aromatic carbocycles. The first kappa shape index (κ1) is 30.5. The summed E-state index contributed by atoms with van der Waals surface area (Å²) in [5.41, 5.74) is 0. The Labute approximate surface area is 245 Å². The average molecular weight is 626 g/mol. The van der Waals surface area contributed by atoms with Crippen LogP contribution in [-0.4, -0.2) is 55.4 Å². The van der Waals surface area contributed by atoms with E-state index in [1.807, 2.05) is 0 Å². The van der Waals surface area contributed by atoms with Crippen molar-refractivity contribution in [3.05, 3.63) is 91.0 Å². The van der Waals surface area contributed by atoms with Crippen LogP contribution in [0.25, 0.3) is 0 Å². The van der Waals surface area contributed by atoms with Crippen molar-refractivity contribution in [2.75, 3.05) is 6.61 Å². The molecule has 0 bridgehead atoms. The SMILES string of the molecule is CC(C)(C)[Si](C)(C)O[C@@H]1CC([Se]c2ccccc2)O[C@@H]1CO[Si](c1ccccc1)(c1ccccc1)C(C)(C)C. The van der Waals surface area contributed by atoms with Gasteiger partial charge in [-0.05, 0) is 0 Å². The number of hydrogen-bond donors (Lipinski definition) is 0. The van der Waals surface area contributed by atoms with Crippen LogP contribution in [0.4, 0.5) is 0 Å². The molecule has 0 radical (unpaired) electrons. The fourth-order valence-electron chi connectivity index (χ4n) is 5.20. The summed E-state index contributed by atoms with van der Waals surface area (Å²) < 4.78 is 22.6. The summed E-state index contributed by atoms with van der Waals surface area (Å²) >= 11 is 0.225. The van der Waals surface area contributed by atoms with Crippen LogP contribution in [0.5, 0.6) is 0 Å². The first-order chi connectivity index (χ1) is 18.3. The molecule has 0 amide bonds. The summed E-state index contributed by atoms with van der Waals surface area (Å²) in [5.74, 6) is 0. The van der Waals surface area contributed by atoms with Gasteiger partial charge >= 0.3 is 246 Å². The van der Waals surface area contributed by atoms with Crippen molar-refractivity contribution in [3.8, 4) is 0 Å². The van der Waals surface area contributed by atoms with Crippen LogP contribution in [0.2, 0.25) is 23.2 Å². The Bertz CT molecular complexity index is 1130. The van der Waals surface area contributed by atoms with Crippen LogP contribution >= 0.6 is 0 Å². The minimum absolute atomic E-state index is 0.0414. The fourth-order valence-corrected chi connectivity index (χ4v) is 13.4. The maximum absolute atomic E-state index is 7.34. The number of hydrogen-bond acceptors (Lipinski definition) is 3. The van der Waals surface area contributed by atoms with Crippen molar-refractivity contribution < 1.29 is 13.6 Å². The zero-order valence-corrected chi connectivity index (χ0v) is 28.7. The van der Waals surface area contributed by atoms with Gasteiger partial charge < -0.3 is 0 Å². The average Bonchev–Trinajstić information content (AvgIpc) is 3.25. The third-order valence-corrected chi connectivity index (χ3v) is 20.1. The molecule has 1 aliphatic rings. The minimum atomic E-state index is -2.66. The fraction of sp³-hybridized carbons (Fsp3) is 0.455. The molecule has 1 unspecified atom stereocenters. The molecule has 3 nitrogen and oxygen atoms in total. The molecule has 1 saturated heterocycles. The predicted octanol–water partition coefficient (Wildman–Crippen LogP) is 6.10. The third-order valence-electron chi connectivity index (χ3n) is 8.31. The second-order valence-electron chi connectivity index (χ2n) is 13.2. The topological polar surface area (TPSA) is 27.7 Å². The molecule has 0 saturated carbocycles. The molecule has 39 heavy (non-hydrogen) atoms. The molecule has 0 aromatic heterocycles. The van der Waals surface area contributed by atoms with Crippen LogP contribution in [0, 0.1) is 0 Å². The number of ether oxygens (including phenoxy) is 1. The Balaban J connectivity index is 1.67. The molecule has 1 heterocycles. The van der Waals surface area contributed by atoms with Crippen LogP contribution < -0.4 is 14.8 Å². The standard InChI is InChI=1S/C33H46O3SeSi2/c1-32(2,3)38(7,8)36-29-24-31(37-26-18-12-9-13-19-26)35-30(29)25-34-39(33(4,5)6,27-20-14-10-15-21-27)28-22-16-11-17-23-28/h9-23,29-31H,24-25H2,1-8H3/t29-,30-,31?/m1/s1. The molecule has 1 fully saturated rings. The first-order valence-corrected chi connectivity index (χ1v) is 20.8. The van der Waals surface area contributed by atoms with E-state index in [2.05, 4.69) is 146 Å². The van der Waals surface area contributed by atoms with Gasteiger partial charge in [0.15, 0.2) is 0 Å². The Morgan fingerprint density at radius 2 is 1.23 bits per heavy atom. The van der Waals surface area contributed by atoms with E-state index in [0.717, 1.165) is 6.42 Å². The van der Waals surface area contributed by atoms with Gasteiger partial charge in [0.2, 0.25) is 0 Å². The van der Waals surface area contributed by atoms with Gasteiger partial charge in [-0.25, -0.2) is 0 Å². The molecule has 3 atom stereocenters. The van der Waals surface area contributed by atoms with Crippen LogP contribution in [0.3, 0.4) is 0 Å². The summed E-state index contributed by atoms with van der Waals surface area (Å²) in [5, 5.41) is 2.85. The summed E-state index contributed by atoms with van der Waals surface area (Å²) in [7, 11) is -4.65.